The molecule has 0 aliphatic rings. The predicted molar refractivity (Wildman–Crippen MR) is 69.5 cm³/mol. The molecule has 0 aromatic heterocycles. The Morgan fingerprint density at radius 1 is 1.18 bits per heavy atom. The highest BCUT2D eigenvalue weighted by Gasteiger charge is 2.26. The van der Waals surface area contributed by atoms with Gasteiger partial charge in [0.1, 0.15) is 0 Å². The zero-order chi connectivity index (χ0) is 12.9. The molecule has 0 radical (unpaired) electrons. The molecule has 17 heavy (non-hydrogen) atoms. The highest BCUT2D eigenvalue weighted by Crippen LogP contribution is 2.46. The van der Waals surface area contributed by atoms with Gasteiger partial charge in [-0.25, -0.2) is 0 Å². The van der Waals surface area contributed by atoms with E-state index in [-0.39, 0.29) is 6.04 Å². The number of rotatable bonds is 6. The lowest BCUT2D eigenvalue weighted by molar-refractivity contribution is 0.230. The number of benzene rings is 1. The highest BCUT2D eigenvalue weighted by molar-refractivity contribution is 7.62. The van der Waals surface area contributed by atoms with Gasteiger partial charge in [0.2, 0.25) is 0 Å². The van der Waals surface area contributed by atoms with Gasteiger partial charge >= 0.3 is 7.60 Å². The lowest BCUT2D eigenvalue weighted by Gasteiger charge is -2.17. The minimum Gasteiger partial charge on any atom is -0.324 e. The van der Waals surface area contributed by atoms with Crippen molar-refractivity contribution < 1.29 is 13.6 Å². The van der Waals surface area contributed by atoms with Crippen LogP contribution in [0.5, 0.6) is 0 Å². The summed E-state index contributed by atoms with van der Waals surface area (Å²) >= 11 is 0. The van der Waals surface area contributed by atoms with Crippen molar-refractivity contribution in [1.29, 1.82) is 0 Å². The summed E-state index contributed by atoms with van der Waals surface area (Å²) in [6.07, 6.45) is 0. The van der Waals surface area contributed by atoms with E-state index in [2.05, 4.69) is 0 Å². The summed E-state index contributed by atoms with van der Waals surface area (Å²) in [6.45, 7) is 6.20. The smallest absolute Gasteiger partial charge is 0.324 e. The Kier molecular flexibility index (Phi) is 5.34. The average molecular weight is 257 g/mol. The van der Waals surface area contributed by atoms with Crippen molar-refractivity contribution in [3.05, 3.63) is 29.8 Å². The molecule has 1 unspecified atom stereocenters. The Balaban J connectivity index is 2.99. The molecule has 1 atom stereocenters. The monoisotopic (exact) mass is 257 g/mol. The van der Waals surface area contributed by atoms with E-state index in [1.54, 1.807) is 26.0 Å². The first kappa shape index (κ1) is 14.4. The predicted octanol–water partition coefficient (Wildman–Crippen LogP) is 2.60. The molecular weight excluding hydrogens is 237 g/mol. The van der Waals surface area contributed by atoms with Crippen molar-refractivity contribution in [1.82, 2.24) is 0 Å². The molecule has 4 nitrogen and oxygen atoms in total. The largest absolute Gasteiger partial charge is 0.361 e. The van der Waals surface area contributed by atoms with Crippen LogP contribution in [0.1, 0.15) is 32.4 Å². The Bertz CT molecular complexity index is 379. The molecule has 2 N–H and O–H groups in total. The summed E-state index contributed by atoms with van der Waals surface area (Å²) in [4.78, 5) is 0. The average Bonchev–Trinajstić information content (AvgIpc) is 2.30. The topological polar surface area (TPSA) is 61.5 Å². The van der Waals surface area contributed by atoms with Gasteiger partial charge < -0.3 is 14.8 Å². The van der Waals surface area contributed by atoms with Gasteiger partial charge in [-0.05, 0) is 38.5 Å². The van der Waals surface area contributed by atoms with E-state index in [4.69, 9.17) is 14.8 Å². The van der Waals surface area contributed by atoms with Crippen LogP contribution in [0.2, 0.25) is 0 Å². The third-order valence-corrected chi connectivity index (χ3v) is 4.46. The Morgan fingerprint density at radius 3 is 2.00 bits per heavy atom. The van der Waals surface area contributed by atoms with Crippen LogP contribution in [-0.2, 0) is 13.6 Å². The molecule has 0 aliphatic heterocycles. The van der Waals surface area contributed by atoms with Gasteiger partial charge in [-0.3, -0.25) is 4.57 Å². The highest BCUT2D eigenvalue weighted by atomic mass is 31.2. The second-order valence-corrected chi connectivity index (χ2v) is 5.74. The summed E-state index contributed by atoms with van der Waals surface area (Å²) in [5.74, 6) is 0. The van der Waals surface area contributed by atoms with Crippen LogP contribution in [-0.4, -0.2) is 13.2 Å². The molecule has 0 aliphatic carbocycles. The van der Waals surface area contributed by atoms with Gasteiger partial charge in [0.15, 0.2) is 0 Å². The zero-order valence-corrected chi connectivity index (χ0v) is 11.4. The molecular formula is C12H20NO3P. The second-order valence-electron chi connectivity index (χ2n) is 3.71. The van der Waals surface area contributed by atoms with E-state index < -0.39 is 7.60 Å². The second kappa shape index (κ2) is 6.31. The number of nitrogens with two attached hydrogens (primary N) is 1. The molecule has 96 valence electrons. The molecule has 0 spiro atoms. The van der Waals surface area contributed by atoms with E-state index in [1.807, 2.05) is 19.1 Å². The summed E-state index contributed by atoms with van der Waals surface area (Å²) < 4.78 is 22.9. The molecule has 1 rings (SSSR count). The van der Waals surface area contributed by atoms with Crippen molar-refractivity contribution in [3.8, 4) is 0 Å². The third-order valence-electron chi connectivity index (χ3n) is 2.33. The van der Waals surface area contributed by atoms with Crippen LogP contribution in [0.3, 0.4) is 0 Å². The van der Waals surface area contributed by atoms with Crippen molar-refractivity contribution in [3.63, 3.8) is 0 Å². The molecule has 0 saturated heterocycles. The summed E-state index contributed by atoms with van der Waals surface area (Å²) in [5, 5.41) is 0.575. The first-order valence-corrected chi connectivity index (χ1v) is 7.33. The Morgan fingerprint density at radius 2 is 1.65 bits per heavy atom. The molecule has 0 amide bonds. The SMILES string of the molecule is CCOP(=O)(OCC)c1ccc(C(C)N)cc1. The first-order valence-electron chi connectivity index (χ1n) is 5.78. The lowest BCUT2D eigenvalue weighted by Crippen LogP contribution is -2.12. The Labute approximate surface area is 103 Å². The van der Waals surface area contributed by atoms with Crippen LogP contribution in [0.15, 0.2) is 24.3 Å². The van der Waals surface area contributed by atoms with Crippen molar-refractivity contribution in [2.75, 3.05) is 13.2 Å². The van der Waals surface area contributed by atoms with E-state index in [0.717, 1.165) is 5.56 Å². The van der Waals surface area contributed by atoms with Gasteiger partial charge in [-0.2, -0.15) is 0 Å². The zero-order valence-electron chi connectivity index (χ0n) is 10.6. The van der Waals surface area contributed by atoms with E-state index in [9.17, 15) is 4.57 Å². The summed E-state index contributed by atoms with van der Waals surface area (Å²) in [7, 11) is -3.16. The number of hydrogen-bond donors (Lipinski definition) is 1. The summed E-state index contributed by atoms with van der Waals surface area (Å²) in [5.41, 5.74) is 6.75. The van der Waals surface area contributed by atoms with Gasteiger partial charge in [-0.15, -0.1) is 0 Å². The maximum absolute atomic E-state index is 12.4. The quantitative estimate of drug-likeness (QED) is 0.796. The summed E-state index contributed by atoms with van der Waals surface area (Å²) in [6, 6.07) is 7.17. The van der Waals surface area contributed by atoms with E-state index in [1.165, 1.54) is 0 Å². The van der Waals surface area contributed by atoms with Crippen molar-refractivity contribution in [2.24, 2.45) is 5.73 Å². The minimum atomic E-state index is -3.16. The Hall–Kier alpha value is -0.670. The molecule has 1 aromatic carbocycles. The third kappa shape index (κ3) is 3.65. The molecule has 0 fully saturated rings. The van der Waals surface area contributed by atoms with Gasteiger partial charge in [-0.1, -0.05) is 12.1 Å². The van der Waals surface area contributed by atoms with Crippen LogP contribution in [0.25, 0.3) is 0 Å². The maximum Gasteiger partial charge on any atom is 0.361 e. The molecule has 0 heterocycles. The fourth-order valence-electron chi connectivity index (χ4n) is 1.49. The van der Waals surface area contributed by atoms with Gasteiger partial charge in [0.05, 0.1) is 18.5 Å². The van der Waals surface area contributed by atoms with Crippen LogP contribution < -0.4 is 11.0 Å². The lowest BCUT2D eigenvalue weighted by atomic mass is 10.1. The van der Waals surface area contributed by atoms with Gasteiger partial charge in [0, 0.05) is 6.04 Å². The van der Waals surface area contributed by atoms with Gasteiger partial charge in [0.25, 0.3) is 0 Å². The molecule has 0 saturated carbocycles. The first-order chi connectivity index (χ1) is 8.03. The maximum atomic E-state index is 12.4. The van der Waals surface area contributed by atoms with E-state index in [0.29, 0.717) is 18.5 Å². The van der Waals surface area contributed by atoms with Crippen LogP contribution >= 0.6 is 7.60 Å². The standard InChI is InChI=1S/C12H20NO3P/c1-4-15-17(14,16-5-2)12-8-6-11(7-9-12)10(3)13/h6-10H,4-5,13H2,1-3H3. The normalized spacial score (nSPS) is 13.6. The van der Waals surface area contributed by atoms with Crippen molar-refractivity contribution in [2.45, 2.75) is 26.8 Å². The van der Waals surface area contributed by atoms with E-state index >= 15 is 0 Å². The van der Waals surface area contributed by atoms with Crippen LogP contribution in [0, 0.1) is 0 Å². The molecule has 0 bridgehead atoms. The van der Waals surface area contributed by atoms with Crippen molar-refractivity contribution >= 4 is 12.9 Å². The minimum absolute atomic E-state index is 0.0392. The fraction of sp³-hybridized carbons (Fsp3) is 0.500. The van der Waals surface area contributed by atoms with Crippen LogP contribution in [0.4, 0.5) is 0 Å². The molecule has 1 aromatic rings. The molecule has 5 heteroatoms. The fourth-order valence-corrected chi connectivity index (χ4v) is 3.05. The number of hydrogen-bond acceptors (Lipinski definition) is 4.